The summed E-state index contributed by atoms with van der Waals surface area (Å²) in [4.78, 5) is 35.1. The minimum atomic E-state index is -0.634. The van der Waals surface area contributed by atoms with E-state index in [9.17, 15) is 9.59 Å². The Kier molecular flexibility index (Phi) is 4.20. The maximum atomic E-state index is 12.6. The quantitative estimate of drug-likeness (QED) is 0.850. The maximum Gasteiger partial charge on any atom is 0.255 e. The number of imidazole rings is 1. The Bertz CT molecular complexity index is 811. The van der Waals surface area contributed by atoms with Gasteiger partial charge in [-0.05, 0) is 12.1 Å². The van der Waals surface area contributed by atoms with Crippen LogP contribution in [0.5, 0.6) is 0 Å². The number of nitrogens with one attached hydrogen (secondary N) is 1. The van der Waals surface area contributed by atoms with Gasteiger partial charge in [0, 0.05) is 57.8 Å². The lowest BCUT2D eigenvalue weighted by Gasteiger charge is -2.45. The number of piperidine rings is 1. The number of hydrogen-bond donors (Lipinski definition) is 1. The number of likely N-dealkylation sites (tertiary alicyclic amines) is 1. The molecule has 1 atom stereocenters. The van der Waals surface area contributed by atoms with Gasteiger partial charge in [0.1, 0.15) is 11.4 Å². The molecule has 0 aliphatic carbocycles. The van der Waals surface area contributed by atoms with Crippen molar-refractivity contribution in [2.45, 2.75) is 31.1 Å². The summed E-state index contributed by atoms with van der Waals surface area (Å²) >= 11 is 0. The lowest BCUT2D eigenvalue weighted by molar-refractivity contribution is -0.171. The van der Waals surface area contributed by atoms with Gasteiger partial charge < -0.3 is 19.5 Å². The van der Waals surface area contributed by atoms with E-state index >= 15 is 0 Å². The maximum absolute atomic E-state index is 12.6. The minimum absolute atomic E-state index is 0.0325. The number of aromatic nitrogens is 3. The van der Waals surface area contributed by atoms with Crippen LogP contribution in [0.15, 0.2) is 36.9 Å². The Hall–Kier alpha value is -2.74. The molecule has 0 radical (unpaired) electrons. The fraction of sp³-hybridized carbons (Fsp3) is 0.444. The predicted octanol–water partition coefficient (Wildman–Crippen LogP) is 0.554. The highest BCUT2D eigenvalue weighted by Gasteiger charge is 2.47. The summed E-state index contributed by atoms with van der Waals surface area (Å²) in [6.07, 6.45) is 7.49. The molecule has 0 unspecified atom stereocenters. The molecule has 1 fully saturated rings. The molecular weight excluding hydrogens is 334 g/mol. The molecule has 0 saturated carbocycles. The van der Waals surface area contributed by atoms with Crippen LogP contribution in [-0.2, 0) is 21.7 Å². The number of hydrogen-bond acceptors (Lipinski definition) is 5. The molecule has 2 aliphatic rings. The summed E-state index contributed by atoms with van der Waals surface area (Å²) in [6.45, 7) is 1.54. The summed E-state index contributed by atoms with van der Waals surface area (Å²) in [5.74, 6) is 0.665. The SMILES string of the molecule is CNC(=O)[C@@H]1Cn2ccnc2C2(CCN(C(=O)c3cccnc3)CC2)O1. The van der Waals surface area contributed by atoms with Crippen LogP contribution in [0.3, 0.4) is 0 Å². The first kappa shape index (κ1) is 16.7. The molecule has 2 aromatic rings. The van der Waals surface area contributed by atoms with Gasteiger partial charge in [0.05, 0.1) is 12.1 Å². The van der Waals surface area contributed by atoms with Gasteiger partial charge in [0.15, 0.2) is 6.10 Å². The van der Waals surface area contributed by atoms with Gasteiger partial charge in [-0.15, -0.1) is 0 Å². The summed E-state index contributed by atoms with van der Waals surface area (Å²) in [7, 11) is 1.61. The summed E-state index contributed by atoms with van der Waals surface area (Å²) < 4.78 is 8.23. The first-order chi connectivity index (χ1) is 12.6. The van der Waals surface area contributed by atoms with E-state index in [0.717, 1.165) is 5.82 Å². The molecule has 4 rings (SSSR count). The third-order valence-corrected chi connectivity index (χ3v) is 5.16. The Morgan fingerprint density at radius 1 is 1.31 bits per heavy atom. The van der Waals surface area contributed by atoms with Crippen LogP contribution in [0.4, 0.5) is 0 Å². The zero-order valence-corrected chi connectivity index (χ0v) is 14.6. The smallest absolute Gasteiger partial charge is 0.255 e. The van der Waals surface area contributed by atoms with Crippen LogP contribution in [0.1, 0.15) is 29.0 Å². The third kappa shape index (κ3) is 2.76. The van der Waals surface area contributed by atoms with E-state index in [-0.39, 0.29) is 11.8 Å². The van der Waals surface area contributed by atoms with E-state index in [4.69, 9.17) is 4.74 Å². The van der Waals surface area contributed by atoms with Crippen molar-refractivity contribution in [1.29, 1.82) is 0 Å². The minimum Gasteiger partial charge on any atom is -0.357 e. The Labute approximate surface area is 151 Å². The van der Waals surface area contributed by atoms with E-state index in [1.807, 2.05) is 15.7 Å². The second-order valence-corrected chi connectivity index (χ2v) is 6.65. The standard InChI is InChI=1S/C18H21N5O3/c1-19-15(24)14-12-23-10-7-21-17(23)18(26-14)4-8-22(9-5-18)16(25)13-3-2-6-20-11-13/h2-3,6-7,10-11,14H,4-5,8-9,12H2,1H3,(H,19,24)/t14-/m0/s1. The highest BCUT2D eigenvalue weighted by molar-refractivity contribution is 5.93. The van der Waals surface area contributed by atoms with Crippen molar-refractivity contribution < 1.29 is 14.3 Å². The van der Waals surface area contributed by atoms with Crippen molar-refractivity contribution in [3.8, 4) is 0 Å². The van der Waals surface area contributed by atoms with Crippen LogP contribution >= 0.6 is 0 Å². The molecule has 1 N–H and O–H groups in total. The van der Waals surface area contributed by atoms with E-state index < -0.39 is 11.7 Å². The number of fused-ring (bicyclic) bond motifs is 2. The molecule has 1 saturated heterocycles. The van der Waals surface area contributed by atoms with Gasteiger partial charge in [-0.1, -0.05) is 0 Å². The summed E-state index contributed by atoms with van der Waals surface area (Å²) in [5.41, 5.74) is -0.0530. The molecule has 2 aromatic heterocycles. The first-order valence-electron chi connectivity index (χ1n) is 8.73. The number of ether oxygens (including phenoxy) is 1. The van der Waals surface area contributed by atoms with Crippen molar-refractivity contribution >= 4 is 11.8 Å². The Morgan fingerprint density at radius 3 is 2.81 bits per heavy atom. The van der Waals surface area contributed by atoms with E-state index in [1.54, 1.807) is 37.8 Å². The molecule has 2 aliphatic heterocycles. The van der Waals surface area contributed by atoms with Crippen molar-refractivity contribution in [3.05, 3.63) is 48.3 Å². The average molecular weight is 355 g/mol. The highest BCUT2D eigenvalue weighted by Crippen LogP contribution is 2.40. The lowest BCUT2D eigenvalue weighted by atomic mass is 9.88. The van der Waals surface area contributed by atoms with Gasteiger partial charge in [-0.3, -0.25) is 14.6 Å². The van der Waals surface area contributed by atoms with Crippen LogP contribution in [-0.4, -0.2) is 57.5 Å². The number of rotatable bonds is 2. The molecule has 1 spiro atoms. The summed E-state index contributed by atoms with van der Waals surface area (Å²) in [6, 6.07) is 3.53. The normalized spacial score (nSPS) is 21.3. The molecule has 26 heavy (non-hydrogen) atoms. The molecule has 8 heteroatoms. The van der Waals surface area contributed by atoms with Gasteiger partial charge in [-0.2, -0.15) is 0 Å². The highest BCUT2D eigenvalue weighted by atomic mass is 16.5. The second kappa shape index (κ2) is 6.53. The van der Waals surface area contributed by atoms with Gasteiger partial charge in [0.25, 0.3) is 11.8 Å². The zero-order chi connectivity index (χ0) is 18.1. The average Bonchev–Trinajstić information content (AvgIpc) is 3.18. The Morgan fingerprint density at radius 2 is 2.12 bits per heavy atom. The molecule has 4 heterocycles. The lowest BCUT2D eigenvalue weighted by Crippen LogP contribution is -2.54. The van der Waals surface area contributed by atoms with E-state index in [2.05, 4.69) is 15.3 Å². The van der Waals surface area contributed by atoms with E-state index in [1.165, 1.54) is 0 Å². The topological polar surface area (TPSA) is 89.4 Å². The van der Waals surface area contributed by atoms with Gasteiger partial charge in [0.2, 0.25) is 0 Å². The van der Waals surface area contributed by atoms with Crippen LogP contribution in [0, 0.1) is 0 Å². The van der Waals surface area contributed by atoms with Crippen LogP contribution in [0.2, 0.25) is 0 Å². The number of carbonyl (C=O) groups excluding carboxylic acids is 2. The molecule has 0 aromatic carbocycles. The molecule has 8 nitrogen and oxygen atoms in total. The largest absolute Gasteiger partial charge is 0.357 e. The molecular formula is C18H21N5O3. The number of likely N-dealkylation sites (N-methyl/N-ethyl adjacent to an activating group) is 1. The van der Waals surface area contributed by atoms with Gasteiger partial charge in [-0.25, -0.2) is 4.98 Å². The van der Waals surface area contributed by atoms with Crippen LogP contribution in [0.25, 0.3) is 0 Å². The zero-order valence-electron chi connectivity index (χ0n) is 14.6. The van der Waals surface area contributed by atoms with Crippen molar-refractivity contribution in [3.63, 3.8) is 0 Å². The number of nitrogens with zero attached hydrogens (tertiary/aromatic N) is 4. The van der Waals surface area contributed by atoms with Crippen molar-refractivity contribution in [2.24, 2.45) is 0 Å². The molecule has 0 bridgehead atoms. The molecule has 2 amide bonds. The predicted molar refractivity (Wildman–Crippen MR) is 92.2 cm³/mol. The fourth-order valence-corrected chi connectivity index (χ4v) is 3.78. The van der Waals surface area contributed by atoms with Crippen molar-refractivity contribution in [1.82, 2.24) is 24.8 Å². The first-order valence-corrected chi connectivity index (χ1v) is 8.73. The van der Waals surface area contributed by atoms with Crippen molar-refractivity contribution in [2.75, 3.05) is 20.1 Å². The number of amides is 2. The summed E-state index contributed by atoms with van der Waals surface area (Å²) in [5, 5.41) is 2.66. The second-order valence-electron chi connectivity index (χ2n) is 6.65. The number of pyridine rings is 1. The number of carbonyl (C=O) groups is 2. The Balaban J connectivity index is 1.54. The van der Waals surface area contributed by atoms with Gasteiger partial charge >= 0.3 is 0 Å². The molecule has 136 valence electrons. The fourth-order valence-electron chi connectivity index (χ4n) is 3.78. The van der Waals surface area contributed by atoms with E-state index in [0.29, 0.717) is 38.0 Å². The third-order valence-electron chi connectivity index (χ3n) is 5.16. The monoisotopic (exact) mass is 355 g/mol. The van der Waals surface area contributed by atoms with Crippen LogP contribution < -0.4 is 5.32 Å².